The molecular weight excluding hydrogens is 174 g/mol. The Morgan fingerprint density at radius 1 is 1.29 bits per heavy atom. The summed E-state index contributed by atoms with van der Waals surface area (Å²) in [5.74, 6) is 0. The summed E-state index contributed by atoms with van der Waals surface area (Å²) in [6.07, 6.45) is 4.12. The third-order valence-corrected chi connectivity index (χ3v) is 3.43. The first-order chi connectivity index (χ1) is 6.75. The maximum Gasteiger partial charge on any atom is 0.0223 e. The Labute approximate surface area is 87.2 Å². The molecule has 0 amide bonds. The molecule has 3 nitrogen and oxygen atoms in total. The van der Waals surface area contributed by atoms with Gasteiger partial charge in [0.05, 0.1) is 0 Å². The zero-order chi connectivity index (χ0) is 9.97. The highest BCUT2D eigenvalue weighted by Gasteiger charge is 2.28. The third kappa shape index (κ3) is 2.47. The maximum atomic E-state index is 5.86. The van der Waals surface area contributed by atoms with E-state index in [0.717, 1.165) is 12.6 Å². The van der Waals surface area contributed by atoms with Crippen LogP contribution in [0.4, 0.5) is 0 Å². The third-order valence-electron chi connectivity index (χ3n) is 3.43. The zero-order valence-corrected chi connectivity index (χ0v) is 9.28. The van der Waals surface area contributed by atoms with Crippen molar-refractivity contribution in [3.05, 3.63) is 0 Å². The average Bonchev–Trinajstić information content (AvgIpc) is 2.44. The Morgan fingerprint density at radius 2 is 2.07 bits per heavy atom. The normalized spacial score (nSPS) is 32.6. The number of fused-ring (bicyclic) bond motifs is 1. The molecule has 2 saturated heterocycles. The van der Waals surface area contributed by atoms with Gasteiger partial charge in [-0.1, -0.05) is 0 Å². The minimum atomic E-state index is 0.322. The summed E-state index contributed by atoms with van der Waals surface area (Å²) in [5, 5.41) is 0. The monoisotopic (exact) mass is 197 g/mol. The lowest BCUT2D eigenvalue weighted by molar-refractivity contribution is 0.215. The minimum absolute atomic E-state index is 0.322. The molecule has 2 heterocycles. The molecule has 0 radical (unpaired) electrons. The first kappa shape index (κ1) is 10.4. The molecule has 0 bridgehead atoms. The molecule has 0 saturated carbocycles. The highest BCUT2D eigenvalue weighted by molar-refractivity contribution is 4.85. The molecule has 0 aromatic carbocycles. The zero-order valence-electron chi connectivity index (χ0n) is 9.28. The van der Waals surface area contributed by atoms with Gasteiger partial charge in [0.1, 0.15) is 0 Å². The Kier molecular flexibility index (Phi) is 3.42. The van der Waals surface area contributed by atoms with Crippen LogP contribution < -0.4 is 5.73 Å². The topological polar surface area (TPSA) is 32.5 Å². The van der Waals surface area contributed by atoms with Crippen molar-refractivity contribution in [3.63, 3.8) is 0 Å². The molecule has 2 aliphatic heterocycles. The molecule has 2 atom stereocenters. The molecule has 2 N–H and O–H groups in total. The Morgan fingerprint density at radius 3 is 2.86 bits per heavy atom. The Balaban J connectivity index is 1.88. The second-order valence-corrected chi connectivity index (χ2v) is 4.92. The van der Waals surface area contributed by atoms with E-state index < -0.39 is 0 Å². The summed E-state index contributed by atoms with van der Waals surface area (Å²) in [4.78, 5) is 5.22. The van der Waals surface area contributed by atoms with Gasteiger partial charge in [-0.05, 0) is 45.8 Å². The summed E-state index contributed by atoms with van der Waals surface area (Å²) in [6.45, 7) is 8.31. The molecule has 14 heavy (non-hydrogen) atoms. The van der Waals surface area contributed by atoms with Crippen LogP contribution in [-0.4, -0.2) is 54.6 Å². The number of hydrogen-bond acceptors (Lipinski definition) is 3. The molecule has 0 spiro atoms. The smallest absolute Gasteiger partial charge is 0.0223 e. The molecule has 1 unspecified atom stereocenters. The van der Waals surface area contributed by atoms with Gasteiger partial charge >= 0.3 is 0 Å². The van der Waals surface area contributed by atoms with Crippen molar-refractivity contribution in [2.45, 2.75) is 38.3 Å². The van der Waals surface area contributed by atoms with Crippen molar-refractivity contribution in [1.29, 1.82) is 0 Å². The average molecular weight is 197 g/mol. The van der Waals surface area contributed by atoms with Crippen LogP contribution >= 0.6 is 0 Å². The lowest BCUT2D eigenvalue weighted by atomic mass is 10.2. The molecule has 0 aliphatic carbocycles. The van der Waals surface area contributed by atoms with E-state index in [4.69, 9.17) is 5.73 Å². The van der Waals surface area contributed by atoms with Gasteiger partial charge in [-0.15, -0.1) is 0 Å². The van der Waals surface area contributed by atoms with Crippen molar-refractivity contribution in [3.8, 4) is 0 Å². The van der Waals surface area contributed by atoms with E-state index in [1.165, 1.54) is 45.4 Å². The summed E-state index contributed by atoms with van der Waals surface area (Å²) < 4.78 is 0. The van der Waals surface area contributed by atoms with Gasteiger partial charge in [0, 0.05) is 25.2 Å². The predicted octanol–water partition coefficient (Wildman–Crippen LogP) is 0.504. The van der Waals surface area contributed by atoms with E-state index in [9.17, 15) is 0 Å². The van der Waals surface area contributed by atoms with Crippen LogP contribution in [0.15, 0.2) is 0 Å². The molecular formula is C11H23N3. The van der Waals surface area contributed by atoms with Crippen molar-refractivity contribution in [2.24, 2.45) is 5.73 Å². The molecule has 0 aromatic rings. The number of nitrogens with zero attached hydrogens (tertiary/aromatic N) is 2. The molecule has 2 fully saturated rings. The lowest BCUT2D eigenvalue weighted by Crippen LogP contribution is -2.41. The highest BCUT2D eigenvalue weighted by Crippen LogP contribution is 2.21. The van der Waals surface area contributed by atoms with E-state index in [0.29, 0.717) is 6.04 Å². The fourth-order valence-corrected chi connectivity index (χ4v) is 2.86. The molecule has 3 heteroatoms. The van der Waals surface area contributed by atoms with Crippen LogP contribution in [0, 0.1) is 0 Å². The highest BCUT2D eigenvalue weighted by atomic mass is 15.3. The van der Waals surface area contributed by atoms with Gasteiger partial charge in [-0.3, -0.25) is 4.90 Å². The van der Waals surface area contributed by atoms with Crippen molar-refractivity contribution < 1.29 is 0 Å². The van der Waals surface area contributed by atoms with E-state index in [-0.39, 0.29) is 0 Å². The number of nitrogens with two attached hydrogens (primary N) is 1. The largest absolute Gasteiger partial charge is 0.327 e. The lowest BCUT2D eigenvalue weighted by Gasteiger charge is -2.26. The maximum absolute atomic E-state index is 5.86. The van der Waals surface area contributed by atoms with Gasteiger partial charge in [0.15, 0.2) is 0 Å². The van der Waals surface area contributed by atoms with Crippen LogP contribution in [0.5, 0.6) is 0 Å². The second-order valence-electron chi connectivity index (χ2n) is 4.92. The molecule has 82 valence electrons. The van der Waals surface area contributed by atoms with Crippen LogP contribution in [0.25, 0.3) is 0 Å². The van der Waals surface area contributed by atoms with Crippen LogP contribution in [0.2, 0.25) is 0 Å². The number of hydrogen-bond donors (Lipinski definition) is 1. The Bertz CT molecular complexity index is 181. The first-order valence-corrected chi connectivity index (χ1v) is 5.97. The van der Waals surface area contributed by atoms with Crippen LogP contribution in [0.3, 0.4) is 0 Å². The fraction of sp³-hybridized carbons (Fsp3) is 1.00. The van der Waals surface area contributed by atoms with E-state index in [1.807, 2.05) is 0 Å². The second kappa shape index (κ2) is 4.60. The summed E-state index contributed by atoms with van der Waals surface area (Å²) in [7, 11) is 0. The Hall–Kier alpha value is -0.120. The van der Waals surface area contributed by atoms with Crippen LogP contribution in [-0.2, 0) is 0 Å². The SMILES string of the molecule is C[C@H](N)CN1CCCN2CCCC2C1. The minimum Gasteiger partial charge on any atom is -0.327 e. The van der Waals surface area contributed by atoms with Gasteiger partial charge in [-0.25, -0.2) is 0 Å². The van der Waals surface area contributed by atoms with E-state index in [1.54, 1.807) is 0 Å². The predicted molar refractivity (Wildman–Crippen MR) is 59.3 cm³/mol. The quantitative estimate of drug-likeness (QED) is 0.700. The first-order valence-electron chi connectivity index (χ1n) is 5.97. The van der Waals surface area contributed by atoms with Gasteiger partial charge in [0.25, 0.3) is 0 Å². The van der Waals surface area contributed by atoms with Gasteiger partial charge < -0.3 is 10.6 Å². The van der Waals surface area contributed by atoms with Gasteiger partial charge in [-0.2, -0.15) is 0 Å². The molecule has 0 aromatic heterocycles. The van der Waals surface area contributed by atoms with Crippen molar-refractivity contribution >= 4 is 0 Å². The van der Waals surface area contributed by atoms with Crippen molar-refractivity contribution in [1.82, 2.24) is 9.80 Å². The van der Waals surface area contributed by atoms with Crippen LogP contribution in [0.1, 0.15) is 26.2 Å². The number of rotatable bonds is 2. The van der Waals surface area contributed by atoms with Gasteiger partial charge in [0.2, 0.25) is 0 Å². The molecule has 2 rings (SSSR count). The van der Waals surface area contributed by atoms with E-state index in [2.05, 4.69) is 16.7 Å². The summed E-state index contributed by atoms with van der Waals surface area (Å²) in [5.41, 5.74) is 5.86. The fourth-order valence-electron chi connectivity index (χ4n) is 2.86. The standard InChI is InChI=1S/C11H23N3/c1-10(12)8-13-5-3-7-14-6-2-4-11(14)9-13/h10-11H,2-9,12H2,1H3/t10-,11?/m0/s1. The summed E-state index contributed by atoms with van der Waals surface area (Å²) in [6, 6.07) is 1.15. The van der Waals surface area contributed by atoms with Crippen molar-refractivity contribution in [2.75, 3.05) is 32.7 Å². The summed E-state index contributed by atoms with van der Waals surface area (Å²) >= 11 is 0. The van der Waals surface area contributed by atoms with E-state index >= 15 is 0 Å². The molecule has 2 aliphatic rings.